The van der Waals surface area contributed by atoms with Gasteiger partial charge in [-0.3, -0.25) is 9.69 Å². The molecule has 0 aliphatic rings. The monoisotopic (exact) mass is 518 g/mol. The molecule has 0 fully saturated rings. The number of ether oxygens (including phenoxy) is 1. The largest absolute Gasteiger partial charge is 1.00 e. The molecule has 31 heavy (non-hydrogen) atoms. The predicted octanol–water partition coefficient (Wildman–Crippen LogP) is 2.43. The highest BCUT2D eigenvalue weighted by molar-refractivity contribution is 9.10. The van der Waals surface area contributed by atoms with Crippen molar-refractivity contribution in [3.63, 3.8) is 0 Å². The van der Waals surface area contributed by atoms with E-state index in [2.05, 4.69) is 20.8 Å². The normalized spacial score (nSPS) is 11.0. The number of amides is 1. The fraction of sp³-hybridized carbons (Fsp3) is 0.217. The Kier molecular flexibility index (Phi) is 7.54. The van der Waals surface area contributed by atoms with Crippen LogP contribution < -0.4 is 22.0 Å². The van der Waals surface area contributed by atoms with Crippen LogP contribution in [0.4, 0.5) is 5.13 Å². The average molecular weight is 520 g/mol. The van der Waals surface area contributed by atoms with E-state index >= 15 is 0 Å². The quantitative estimate of drug-likeness (QED) is 0.393. The number of thiazole rings is 1. The Morgan fingerprint density at radius 1 is 1.06 bits per heavy atom. The number of fused-ring (bicyclic) bond motifs is 2. The van der Waals surface area contributed by atoms with E-state index in [0.29, 0.717) is 23.0 Å². The van der Waals surface area contributed by atoms with Crippen molar-refractivity contribution in [2.75, 3.05) is 39.2 Å². The van der Waals surface area contributed by atoms with Gasteiger partial charge in [-0.1, -0.05) is 51.5 Å². The smallest absolute Gasteiger partial charge is 0.263 e. The lowest BCUT2D eigenvalue weighted by Crippen LogP contribution is -3.00. The lowest BCUT2D eigenvalue weighted by atomic mass is 10.0. The lowest BCUT2D eigenvalue weighted by molar-refractivity contribution is -0.0000141. The second-order valence-electron chi connectivity index (χ2n) is 7.27. The van der Waals surface area contributed by atoms with Crippen molar-refractivity contribution >= 4 is 59.3 Å². The molecule has 0 radical (unpaired) electrons. The molecule has 162 valence electrons. The number of hydrogen-bond donors (Lipinski definition) is 0. The van der Waals surface area contributed by atoms with Gasteiger partial charge in [0, 0.05) is 17.6 Å². The van der Waals surface area contributed by atoms with Crippen molar-refractivity contribution in [2.24, 2.45) is 0 Å². The molecule has 4 aromatic rings. The number of rotatable bonds is 6. The highest BCUT2D eigenvalue weighted by atomic mass is 79.9. The highest BCUT2D eigenvalue weighted by Crippen LogP contribution is 2.33. The summed E-state index contributed by atoms with van der Waals surface area (Å²) >= 11 is 5.03. The van der Waals surface area contributed by atoms with Gasteiger partial charge in [-0.05, 0) is 55.2 Å². The Morgan fingerprint density at radius 3 is 2.45 bits per heavy atom. The molecule has 0 saturated carbocycles. The molecule has 1 aromatic heterocycles. The standard InChI is InChI=1S/C23H22BrN3O2S.ClH/c1-26(2)10-11-27(23-25-19-9-8-17(24)14-21(19)30-23)22(28)18-12-15-6-4-5-7-16(15)13-20(18)29-3;/h4-9,12-14H,10-11H2,1-3H3;1H/p-1. The van der Waals surface area contributed by atoms with E-state index in [1.807, 2.05) is 68.7 Å². The van der Waals surface area contributed by atoms with Gasteiger partial charge < -0.3 is 22.0 Å². The molecule has 0 atom stereocenters. The number of methoxy groups -OCH3 is 1. The zero-order chi connectivity index (χ0) is 21.3. The number of benzene rings is 3. The van der Waals surface area contributed by atoms with E-state index in [9.17, 15) is 4.79 Å². The molecule has 0 bridgehead atoms. The number of hydrogen-bond acceptors (Lipinski definition) is 5. The Balaban J connectivity index is 0.00000272. The number of nitrogens with zero attached hydrogens (tertiary/aromatic N) is 3. The molecule has 3 aromatic carbocycles. The molecule has 5 nitrogen and oxygen atoms in total. The van der Waals surface area contributed by atoms with E-state index in [0.717, 1.165) is 32.0 Å². The molecular weight excluding hydrogens is 498 g/mol. The minimum absolute atomic E-state index is 0. The Morgan fingerprint density at radius 2 is 1.77 bits per heavy atom. The number of carbonyl (C=O) groups excluding carboxylic acids is 1. The maximum Gasteiger partial charge on any atom is 0.263 e. The molecule has 4 rings (SSSR count). The first-order valence-corrected chi connectivity index (χ1v) is 11.2. The average Bonchev–Trinajstić information content (AvgIpc) is 3.15. The van der Waals surface area contributed by atoms with Crippen molar-refractivity contribution in [3.05, 3.63) is 64.6 Å². The van der Waals surface area contributed by atoms with Crippen molar-refractivity contribution in [2.45, 2.75) is 0 Å². The van der Waals surface area contributed by atoms with Crippen LogP contribution in [0.1, 0.15) is 10.4 Å². The van der Waals surface area contributed by atoms with Crippen molar-refractivity contribution < 1.29 is 21.9 Å². The minimum atomic E-state index is -0.113. The first-order valence-electron chi connectivity index (χ1n) is 9.56. The zero-order valence-corrected chi connectivity index (χ0v) is 20.6. The minimum Gasteiger partial charge on any atom is -1.00 e. The number of halogens is 2. The van der Waals surface area contributed by atoms with Crippen molar-refractivity contribution in [1.29, 1.82) is 0 Å². The van der Waals surface area contributed by atoms with Gasteiger partial charge in [0.1, 0.15) is 5.75 Å². The first kappa shape index (κ1) is 23.5. The zero-order valence-electron chi connectivity index (χ0n) is 17.4. The highest BCUT2D eigenvalue weighted by Gasteiger charge is 2.24. The maximum atomic E-state index is 13.7. The van der Waals surface area contributed by atoms with Crippen molar-refractivity contribution in [3.8, 4) is 5.75 Å². The van der Waals surface area contributed by atoms with Crippen LogP contribution in [-0.2, 0) is 0 Å². The number of anilines is 1. The van der Waals surface area contributed by atoms with Crippen LogP contribution in [0.5, 0.6) is 5.75 Å². The summed E-state index contributed by atoms with van der Waals surface area (Å²) in [6.07, 6.45) is 0. The van der Waals surface area contributed by atoms with Gasteiger partial charge in [-0.15, -0.1) is 0 Å². The number of carbonyl (C=O) groups is 1. The van der Waals surface area contributed by atoms with Crippen LogP contribution >= 0.6 is 27.3 Å². The molecule has 0 saturated heterocycles. The van der Waals surface area contributed by atoms with Gasteiger partial charge in [0.05, 0.1) is 22.9 Å². The predicted molar refractivity (Wildman–Crippen MR) is 128 cm³/mol. The number of likely N-dealkylation sites (N-methyl/N-ethyl adjacent to an activating group) is 1. The summed E-state index contributed by atoms with van der Waals surface area (Å²) in [5, 5.41) is 2.73. The van der Waals surface area contributed by atoms with E-state index in [-0.39, 0.29) is 18.3 Å². The fourth-order valence-electron chi connectivity index (χ4n) is 3.29. The maximum absolute atomic E-state index is 13.7. The van der Waals surface area contributed by atoms with Gasteiger partial charge in [-0.2, -0.15) is 0 Å². The summed E-state index contributed by atoms with van der Waals surface area (Å²) < 4.78 is 7.61. The summed E-state index contributed by atoms with van der Waals surface area (Å²) in [7, 11) is 5.59. The Bertz CT molecular complexity index is 1230. The summed E-state index contributed by atoms with van der Waals surface area (Å²) in [6.45, 7) is 1.25. The SMILES string of the molecule is COc1cc2ccccc2cc1C(=O)N(CCN(C)C)c1nc2ccc(Br)cc2s1.[Cl-]. The third-order valence-corrected chi connectivity index (χ3v) is 6.42. The summed E-state index contributed by atoms with van der Waals surface area (Å²) in [4.78, 5) is 22.3. The van der Waals surface area contributed by atoms with Gasteiger partial charge in [0.15, 0.2) is 5.13 Å². The molecule has 0 spiro atoms. The lowest BCUT2D eigenvalue weighted by Gasteiger charge is -2.23. The van der Waals surface area contributed by atoms with Crippen LogP contribution in [0.2, 0.25) is 0 Å². The van der Waals surface area contributed by atoms with Crippen LogP contribution in [0.15, 0.2) is 59.1 Å². The molecule has 0 aliphatic carbocycles. The fourth-order valence-corrected chi connectivity index (χ4v) is 4.83. The van der Waals surface area contributed by atoms with E-state index in [1.165, 1.54) is 11.3 Å². The van der Waals surface area contributed by atoms with Crippen LogP contribution in [0.25, 0.3) is 21.0 Å². The second-order valence-corrected chi connectivity index (χ2v) is 9.19. The molecule has 1 heterocycles. The summed E-state index contributed by atoms with van der Waals surface area (Å²) in [5.41, 5.74) is 1.42. The summed E-state index contributed by atoms with van der Waals surface area (Å²) in [5.74, 6) is 0.454. The van der Waals surface area contributed by atoms with E-state index in [1.54, 1.807) is 12.0 Å². The van der Waals surface area contributed by atoms with Crippen molar-refractivity contribution in [1.82, 2.24) is 9.88 Å². The van der Waals surface area contributed by atoms with E-state index < -0.39 is 0 Å². The Labute approximate surface area is 200 Å². The topological polar surface area (TPSA) is 45.7 Å². The van der Waals surface area contributed by atoms with Gasteiger partial charge in [0.25, 0.3) is 5.91 Å². The molecule has 0 aliphatic heterocycles. The van der Waals surface area contributed by atoms with Crippen LogP contribution in [0, 0.1) is 0 Å². The third-order valence-electron chi connectivity index (χ3n) is 4.88. The molecule has 1 amide bonds. The molecule has 0 unspecified atom stereocenters. The Hall–Kier alpha value is -2.19. The summed E-state index contributed by atoms with van der Waals surface area (Å²) in [6, 6.07) is 17.7. The first-order chi connectivity index (χ1) is 14.5. The van der Waals surface area contributed by atoms with Gasteiger partial charge in [-0.25, -0.2) is 4.98 Å². The second kappa shape index (κ2) is 9.96. The van der Waals surface area contributed by atoms with Crippen LogP contribution in [0.3, 0.4) is 0 Å². The van der Waals surface area contributed by atoms with E-state index in [4.69, 9.17) is 9.72 Å². The van der Waals surface area contributed by atoms with Gasteiger partial charge >= 0.3 is 0 Å². The van der Waals surface area contributed by atoms with Crippen LogP contribution in [-0.4, -0.2) is 50.1 Å². The molecule has 0 N–H and O–H groups in total. The molecule has 8 heteroatoms. The number of aromatic nitrogens is 1. The van der Waals surface area contributed by atoms with Gasteiger partial charge in [0.2, 0.25) is 0 Å². The molecular formula is C23H22BrClN3O2S-. The third kappa shape index (κ3) is 5.01.